The summed E-state index contributed by atoms with van der Waals surface area (Å²) in [4.78, 5) is 17.4. The molecule has 0 saturated carbocycles. The Hall–Kier alpha value is -2.19. The molecule has 1 aliphatic rings. The van der Waals surface area contributed by atoms with Crippen LogP contribution in [0.4, 0.5) is 5.82 Å². The van der Waals surface area contributed by atoms with E-state index in [0.717, 1.165) is 25.8 Å². The van der Waals surface area contributed by atoms with E-state index in [1.807, 2.05) is 0 Å². The molecule has 0 aliphatic carbocycles. The second kappa shape index (κ2) is 14.5. The summed E-state index contributed by atoms with van der Waals surface area (Å²) in [5.41, 5.74) is 2.89. The molecule has 198 valence electrons. The van der Waals surface area contributed by atoms with Crippen LogP contribution in [0.2, 0.25) is 5.15 Å². The third-order valence-corrected chi connectivity index (χ3v) is 6.76. The van der Waals surface area contributed by atoms with E-state index < -0.39 is 12.1 Å². The van der Waals surface area contributed by atoms with Crippen LogP contribution in [0.5, 0.6) is 0 Å². The Morgan fingerprint density at radius 3 is 2.86 bits per heavy atom. The van der Waals surface area contributed by atoms with Gasteiger partial charge >= 0.3 is 0 Å². The van der Waals surface area contributed by atoms with Crippen molar-refractivity contribution in [2.75, 3.05) is 31.6 Å². The number of carbonyl (C=O) groups excluding carboxylic acids is 1. The number of nitrogens with one attached hydrogen (secondary N) is 3. The van der Waals surface area contributed by atoms with Gasteiger partial charge < -0.3 is 25.8 Å². The SMILES string of the molecule is CC(C)c1cccc(CNC[C@@H](O)[C@@H]2C[C@H](C)CCOCCCCNc3cc(cc(Cl)n3)C(=O)N2)c1. The summed E-state index contributed by atoms with van der Waals surface area (Å²) >= 11 is 6.20. The Morgan fingerprint density at radius 1 is 1.22 bits per heavy atom. The number of aliphatic hydroxyl groups is 1. The Kier molecular flexibility index (Phi) is 11.5. The van der Waals surface area contributed by atoms with E-state index in [0.29, 0.717) is 50.0 Å². The first-order valence-electron chi connectivity index (χ1n) is 13.1. The summed E-state index contributed by atoms with van der Waals surface area (Å²) in [5.74, 6) is 1.04. The van der Waals surface area contributed by atoms with Crippen molar-refractivity contribution in [1.29, 1.82) is 0 Å². The first-order valence-corrected chi connectivity index (χ1v) is 13.5. The van der Waals surface area contributed by atoms with Crippen LogP contribution >= 0.6 is 11.6 Å². The molecule has 0 radical (unpaired) electrons. The molecule has 0 fully saturated rings. The lowest BCUT2D eigenvalue weighted by atomic mass is 9.94. The van der Waals surface area contributed by atoms with E-state index in [2.05, 4.69) is 66.0 Å². The molecule has 1 aromatic carbocycles. The smallest absolute Gasteiger partial charge is 0.251 e. The second-order valence-corrected chi connectivity index (χ2v) is 10.5. The van der Waals surface area contributed by atoms with Crippen molar-refractivity contribution in [3.05, 3.63) is 58.2 Å². The van der Waals surface area contributed by atoms with E-state index in [-0.39, 0.29) is 17.0 Å². The van der Waals surface area contributed by atoms with E-state index in [4.69, 9.17) is 16.3 Å². The Morgan fingerprint density at radius 2 is 2.06 bits per heavy atom. The van der Waals surface area contributed by atoms with Crippen LogP contribution in [0.3, 0.4) is 0 Å². The first kappa shape index (κ1) is 28.4. The Balaban J connectivity index is 1.68. The van der Waals surface area contributed by atoms with E-state index in [1.165, 1.54) is 11.1 Å². The number of benzene rings is 1. The van der Waals surface area contributed by atoms with Gasteiger partial charge in [0.05, 0.1) is 12.1 Å². The highest BCUT2D eigenvalue weighted by atomic mass is 35.5. The molecule has 1 aromatic heterocycles. The standard InChI is InChI=1S/C28H41ClN4O3/c1-19(2)22-8-6-7-21(14-22)17-30-18-25(34)24-13-20(3)9-12-36-11-5-4-10-31-27-16-23(28(35)32-24)15-26(29)33-27/h6-8,14-16,19-20,24-25,30,34H,4-5,9-13,17-18H2,1-3H3,(H,31,33)(H,32,35)/t20-,24+,25-/m1/s1. The summed E-state index contributed by atoms with van der Waals surface area (Å²) < 4.78 is 5.80. The van der Waals surface area contributed by atoms with Gasteiger partial charge in [-0.15, -0.1) is 0 Å². The molecule has 36 heavy (non-hydrogen) atoms. The van der Waals surface area contributed by atoms with Crippen molar-refractivity contribution in [2.45, 2.75) is 71.1 Å². The fourth-order valence-electron chi connectivity index (χ4n) is 4.33. The molecular formula is C28H41ClN4O3. The number of hydrogen-bond donors (Lipinski definition) is 4. The highest BCUT2D eigenvalue weighted by molar-refractivity contribution is 6.29. The van der Waals surface area contributed by atoms with E-state index >= 15 is 0 Å². The molecule has 2 bridgehead atoms. The molecule has 0 unspecified atom stereocenters. The number of aromatic nitrogens is 1. The molecule has 0 saturated heterocycles. The van der Waals surface area contributed by atoms with Crippen molar-refractivity contribution in [3.63, 3.8) is 0 Å². The van der Waals surface area contributed by atoms with Gasteiger partial charge in [-0.25, -0.2) is 4.98 Å². The number of nitrogens with zero attached hydrogens (tertiary/aromatic N) is 1. The lowest BCUT2D eigenvalue weighted by Crippen LogP contribution is -2.48. The third-order valence-electron chi connectivity index (χ3n) is 6.57. The van der Waals surface area contributed by atoms with Gasteiger partial charge in [-0.05, 0) is 60.8 Å². The molecule has 1 aliphatic heterocycles. The number of rotatable bonds is 6. The van der Waals surface area contributed by atoms with Gasteiger partial charge in [0.2, 0.25) is 0 Å². The zero-order valence-corrected chi connectivity index (χ0v) is 22.5. The lowest BCUT2D eigenvalue weighted by molar-refractivity contribution is 0.0763. The predicted octanol–water partition coefficient (Wildman–Crippen LogP) is 4.75. The topological polar surface area (TPSA) is 95.5 Å². The molecule has 2 heterocycles. The molecule has 2 aromatic rings. The maximum Gasteiger partial charge on any atom is 0.251 e. The van der Waals surface area contributed by atoms with Gasteiger partial charge in [0.15, 0.2) is 0 Å². The minimum Gasteiger partial charge on any atom is -0.390 e. The molecule has 4 N–H and O–H groups in total. The van der Waals surface area contributed by atoms with Gasteiger partial charge in [0, 0.05) is 38.4 Å². The number of fused-ring (bicyclic) bond motifs is 2. The fraction of sp³-hybridized carbons (Fsp3) is 0.571. The Bertz CT molecular complexity index is 972. The zero-order chi connectivity index (χ0) is 25.9. The van der Waals surface area contributed by atoms with Crippen molar-refractivity contribution in [3.8, 4) is 0 Å². The van der Waals surface area contributed by atoms with Crippen LogP contribution < -0.4 is 16.0 Å². The maximum absolute atomic E-state index is 13.2. The minimum atomic E-state index is -0.751. The third kappa shape index (κ3) is 9.36. The molecule has 1 amide bonds. The number of anilines is 1. The van der Waals surface area contributed by atoms with Crippen molar-refractivity contribution in [2.24, 2.45) is 5.92 Å². The average Bonchev–Trinajstić information content (AvgIpc) is 2.84. The number of halogens is 1. The van der Waals surface area contributed by atoms with Gasteiger partial charge in [-0.3, -0.25) is 4.79 Å². The molecule has 0 spiro atoms. The van der Waals surface area contributed by atoms with Gasteiger partial charge in [0.25, 0.3) is 5.91 Å². The zero-order valence-electron chi connectivity index (χ0n) is 21.7. The van der Waals surface area contributed by atoms with Crippen LogP contribution in [0, 0.1) is 5.92 Å². The van der Waals surface area contributed by atoms with Crippen LogP contribution in [-0.2, 0) is 11.3 Å². The van der Waals surface area contributed by atoms with E-state index in [9.17, 15) is 9.90 Å². The van der Waals surface area contributed by atoms with E-state index in [1.54, 1.807) is 12.1 Å². The van der Waals surface area contributed by atoms with Crippen LogP contribution in [-0.4, -0.2) is 54.4 Å². The van der Waals surface area contributed by atoms with Gasteiger partial charge in [-0.1, -0.05) is 56.6 Å². The molecule has 7 nitrogen and oxygen atoms in total. The summed E-state index contributed by atoms with van der Waals surface area (Å²) in [7, 11) is 0. The number of pyridine rings is 1. The molecule has 3 rings (SSSR count). The number of carbonyl (C=O) groups is 1. The molecule has 3 atom stereocenters. The highest BCUT2D eigenvalue weighted by Gasteiger charge is 2.24. The fourth-order valence-corrected chi connectivity index (χ4v) is 4.54. The summed E-state index contributed by atoms with van der Waals surface area (Å²) in [5, 5.41) is 21.0. The van der Waals surface area contributed by atoms with Crippen LogP contribution in [0.15, 0.2) is 36.4 Å². The first-order chi connectivity index (χ1) is 17.3. The van der Waals surface area contributed by atoms with Crippen molar-refractivity contribution < 1.29 is 14.6 Å². The summed E-state index contributed by atoms with van der Waals surface area (Å²) in [6.07, 6.45) is 2.65. The van der Waals surface area contributed by atoms with Gasteiger partial charge in [-0.2, -0.15) is 0 Å². The molecule has 8 heteroatoms. The van der Waals surface area contributed by atoms with Gasteiger partial charge in [0.1, 0.15) is 11.0 Å². The average molecular weight is 517 g/mol. The van der Waals surface area contributed by atoms with Crippen LogP contribution in [0.25, 0.3) is 0 Å². The van der Waals surface area contributed by atoms with Crippen LogP contribution in [0.1, 0.15) is 73.9 Å². The quantitative estimate of drug-likeness (QED) is 0.414. The van der Waals surface area contributed by atoms with Crippen molar-refractivity contribution >= 4 is 23.3 Å². The second-order valence-electron chi connectivity index (χ2n) is 10.1. The maximum atomic E-state index is 13.2. The number of amides is 1. The predicted molar refractivity (Wildman–Crippen MR) is 146 cm³/mol. The number of aliphatic hydroxyl groups excluding tert-OH is 1. The largest absolute Gasteiger partial charge is 0.390 e. The normalized spacial score (nSPS) is 21.0. The minimum absolute atomic E-state index is 0.255. The molecular weight excluding hydrogens is 476 g/mol. The number of ether oxygens (including phenoxy) is 1. The number of hydrogen-bond acceptors (Lipinski definition) is 6. The monoisotopic (exact) mass is 516 g/mol. The summed E-state index contributed by atoms with van der Waals surface area (Å²) in [6.45, 7) is 9.61. The lowest BCUT2D eigenvalue weighted by Gasteiger charge is -2.27. The highest BCUT2D eigenvalue weighted by Crippen LogP contribution is 2.19. The summed E-state index contributed by atoms with van der Waals surface area (Å²) in [6, 6.07) is 11.3. The van der Waals surface area contributed by atoms with Crippen molar-refractivity contribution in [1.82, 2.24) is 15.6 Å². The Labute approximate surface area is 220 Å².